The van der Waals surface area contributed by atoms with Crippen LogP contribution in [0.4, 0.5) is 13.2 Å². The van der Waals surface area contributed by atoms with Crippen molar-refractivity contribution in [2.75, 3.05) is 6.54 Å². The molecule has 1 aromatic heterocycles. The summed E-state index contributed by atoms with van der Waals surface area (Å²) in [6.07, 6.45) is -2.22. The zero-order valence-electron chi connectivity index (χ0n) is 12.1. The van der Waals surface area contributed by atoms with Gasteiger partial charge in [-0.25, -0.2) is 4.98 Å². The van der Waals surface area contributed by atoms with Crippen molar-refractivity contribution in [1.29, 1.82) is 0 Å². The lowest BCUT2D eigenvalue weighted by atomic mass is 10.1. The maximum absolute atomic E-state index is 12.5. The predicted octanol–water partition coefficient (Wildman–Crippen LogP) is 3.60. The van der Waals surface area contributed by atoms with Crippen LogP contribution >= 0.6 is 12.2 Å². The average molecular weight is 341 g/mol. The standard InChI is InChI=1S/C15H14F3N3OS/c16-15(17,18)22-13-4-2-1-3-10(13)8-21-6-5-12-11(9-21)7-19-14(23)20-12/h1-4,7H,5-6,8-9H2,(H,19,20,23). The first kappa shape index (κ1) is 15.9. The number of halogens is 3. The summed E-state index contributed by atoms with van der Waals surface area (Å²) in [6, 6.07) is 6.21. The highest BCUT2D eigenvalue weighted by molar-refractivity contribution is 7.71. The van der Waals surface area contributed by atoms with Gasteiger partial charge in [-0.2, -0.15) is 0 Å². The van der Waals surface area contributed by atoms with Crippen LogP contribution in [0.1, 0.15) is 16.8 Å². The molecule has 2 heterocycles. The maximum atomic E-state index is 12.5. The minimum Gasteiger partial charge on any atom is -0.405 e. The van der Waals surface area contributed by atoms with Crippen molar-refractivity contribution in [2.45, 2.75) is 25.9 Å². The monoisotopic (exact) mass is 341 g/mol. The number of nitrogens with zero attached hydrogens (tertiary/aromatic N) is 2. The minimum absolute atomic E-state index is 0.156. The topological polar surface area (TPSA) is 41.1 Å². The molecular weight excluding hydrogens is 327 g/mol. The van der Waals surface area contributed by atoms with Crippen molar-refractivity contribution in [3.8, 4) is 5.75 Å². The van der Waals surface area contributed by atoms with E-state index in [-0.39, 0.29) is 5.75 Å². The van der Waals surface area contributed by atoms with Crippen molar-refractivity contribution in [2.24, 2.45) is 0 Å². The molecule has 1 N–H and O–H groups in total. The van der Waals surface area contributed by atoms with Crippen molar-refractivity contribution >= 4 is 12.2 Å². The number of aromatic amines is 1. The number of rotatable bonds is 3. The fraction of sp³-hybridized carbons (Fsp3) is 0.333. The Morgan fingerprint density at radius 3 is 2.87 bits per heavy atom. The largest absolute Gasteiger partial charge is 0.573 e. The zero-order chi connectivity index (χ0) is 16.4. The second-order valence-corrected chi connectivity index (χ2v) is 5.70. The fourth-order valence-electron chi connectivity index (χ4n) is 2.64. The molecule has 1 aromatic carbocycles. The van der Waals surface area contributed by atoms with E-state index in [0.717, 1.165) is 24.2 Å². The lowest BCUT2D eigenvalue weighted by Gasteiger charge is -2.28. The van der Waals surface area contributed by atoms with Gasteiger partial charge in [-0.3, -0.25) is 4.90 Å². The molecule has 0 atom stereocenters. The molecule has 23 heavy (non-hydrogen) atoms. The Hall–Kier alpha value is -1.93. The van der Waals surface area contributed by atoms with E-state index in [1.807, 2.05) is 0 Å². The highest BCUT2D eigenvalue weighted by Gasteiger charge is 2.32. The van der Waals surface area contributed by atoms with Gasteiger partial charge < -0.3 is 9.72 Å². The molecule has 0 saturated carbocycles. The molecule has 0 saturated heterocycles. The van der Waals surface area contributed by atoms with E-state index in [4.69, 9.17) is 12.2 Å². The number of hydrogen-bond acceptors (Lipinski definition) is 4. The van der Waals surface area contributed by atoms with E-state index in [9.17, 15) is 13.2 Å². The Morgan fingerprint density at radius 2 is 2.09 bits per heavy atom. The van der Waals surface area contributed by atoms with Crippen LogP contribution in [0.25, 0.3) is 0 Å². The number of hydrogen-bond donors (Lipinski definition) is 1. The van der Waals surface area contributed by atoms with Crippen LogP contribution in [0, 0.1) is 4.77 Å². The predicted molar refractivity (Wildman–Crippen MR) is 80.4 cm³/mol. The van der Waals surface area contributed by atoms with Gasteiger partial charge in [0, 0.05) is 49.1 Å². The lowest BCUT2D eigenvalue weighted by Crippen LogP contribution is -2.31. The van der Waals surface area contributed by atoms with Crippen molar-refractivity contribution in [3.05, 3.63) is 52.1 Å². The number of nitrogens with one attached hydrogen (secondary N) is 1. The molecule has 3 rings (SSSR count). The van der Waals surface area contributed by atoms with Gasteiger partial charge in [-0.1, -0.05) is 18.2 Å². The molecule has 0 spiro atoms. The Bertz CT molecular complexity index is 760. The third-order valence-electron chi connectivity index (χ3n) is 3.65. The van der Waals surface area contributed by atoms with Gasteiger partial charge in [-0.05, 0) is 18.3 Å². The van der Waals surface area contributed by atoms with Crippen molar-refractivity contribution in [1.82, 2.24) is 14.9 Å². The maximum Gasteiger partial charge on any atom is 0.573 e. The quantitative estimate of drug-likeness (QED) is 0.866. The van der Waals surface area contributed by atoms with Crippen LogP contribution in [0.2, 0.25) is 0 Å². The van der Waals surface area contributed by atoms with Gasteiger partial charge in [0.25, 0.3) is 0 Å². The normalized spacial score (nSPS) is 15.3. The van der Waals surface area contributed by atoms with E-state index in [1.165, 1.54) is 12.1 Å². The molecule has 0 radical (unpaired) electrons. The SMILES string of the molecule is FC(F)(F)Oc1ccccc1CN1CCc2[nH]c(=S)ncc2C1. The van der Waals surface area contributed by atoms with Crippen molar-refractivity contribution < 1.29 is 17.9 Å². The first-order chi connectivity index (χ1) is 10.9. The summed E-state index contributed by atoms with van der Waals surface area (Å²) in [6.45, 7) is 1.71. The Balaban J connectivity index is 1.76. The molecule has 0 aliphatic carbocycles. The van der Waals surface area contributed by atoms with Crippen molar-refractivity contribution in [3.63, 3.8) is 0 Å². The first-order valence-corrected chi connectivity index (χ1v) is 7.44. The van der Waals surface area contributed by atoms with Gasteiger partial charge in [0.05, 0.1) is 0 Å². The van der Waals surface area contributed by atoms with E-state index < -0.39 is 6.36 Å². The number of para-hydroxylation sites is 1. The molecule has 4 nitrogen and oxygen atoms in total. The third kappa shape index (κ3) is 4.08. The van der Waals surface area contributed by atoms with E-state index in [2.05, 4.69) is 19.6 Å². The second-order valence-electron chi connectivity index (χ2n) is 5.31. The zero-order valence-corrected chi connectivity index (χ0v) is 12.9. The highest BCUT2D eigenvalue weighted by atomic mass is 32.1. The summed E-state index contributed by atoms with van der Waals surface area (Å²) >= 11 is 5.00. The van der Waals surface area contributed by atoms with Crippen LogP contribution in [0.5, 0.6) is 5.75 Å². The van der Waals surface area contributed by atoms with Crippen LogP contribution in [-0.2, 0) is 19.5 Å². The van der Waals surface area contributed by atoms with Crippen LogP contribution < -0.4 is 4.74 Å². The highest BCUT2D eigenvalue weighted by Crippen LogP contribution is 2.28. The Labute approximate surface area is 135 Å². The Kier molecular flexibility index (Phi) is 4.36. The van der Waals surface area contributed by atoms with Crippen LogP contribution in [0.3, 0.4) is 0 Å². The summed E-state index contributed by atoms with van der Waals surface area (Å²) in [5, 5.41) is 0. The molecule has 1 aliphatic heterocycles. The summed E-state index contributed by atoms with van der Waals surface area (Å²) in [4.78, 5) is 9.17. The molecular formula is C15H14F3N3OS. The molecule has 0 unspecified atom stereocenters. The second kappa shape index (κ2) is 6.29. The summed E-state index contributed by atoms with van der Waals surface area (Å²) in [5.74, 6) is -0.156. The minimum atomic E-state index is -4.69. The van der Waals surface area contributed by atoms with Crippen LogP contribution in [0.15, 0.2) is 30.5 Å². The van der Waals surface area contributed by atoms with E-state index >= 15 is 0 Å². The fourth-order valence-corrected chi connectivity index (χ4v) is 2.82. The number of fused-ring (bicyclic) bond motifs is 1. The van der Waals surface area contributed by atoms with E-state index in [1.54, 1.807) is 18.3 Å². The number of ether oxygens (including phenoxy) is 1. The number of alkyl halides is 3. The van der Waals surface area contributed by atoms with Gasteiger partial charge in [-0.15, -0.1) is 13.2 Å². The number of aromatic nitrogens is 2. The van der Waals surface area contributed by atoms with Gasteiger partial charge in [0.1, 0.15) is 5.75 Å². The van der Waals surface area contributed by atoms with Crippen LogP contribution in [-0.4, -0.2) is 27.8 Å². The van der Waals surface area contributed by atoms with Gasteiger partial charge in [0.15, 0.2) is 4.77 Å². The smallest absolute Gasteiger partial charge is 0.405 e. The number of benzene rings is 1. The third-order valence-corrected chi connectivity index (χ3v) is 3.85. The van der Waals surface area contributed by atoms with Gasteiger partial charge >= 0.3 is 6.36 Å². The molecule has 0 bridgehead atoms. The van der Waals surface area contributed by atoms with E-state index in [0.29, 0.717) is 23.4 Å². The summed E-state index contributed by atoms with van der Waals surface area (Å²) in [5.41, 5.74) is 2.56. The molecule has 122 valence electrons. The molecule has 8 heteroatoms. The molecule has 0 fully saturated rings. The summed E-state index contributed by atoms with van der Waals surface area (Å²) in [7, 11) is 0. The molecule has 2 aromatic rings. The Morgan fingerprint density at radius 1 is 1.30 bits per heavy atom. The lowest BCUT2D eigenvalue weighted by molar-refractivity contribution is -0.275. The first-order valence-electron chi connectivity index (χ1n) is 7.04. The molecule has 0 amide bonds. The molecule has 1 aliphatic rings. The summed E-state index contributed by atoms with van der Waals surface area (Å²) < 4.78 is 42.0. The van der Waals surface area contributed by atoms with Gasteiger partial charge in [0.2, 0.25) is 0 Å². The number of H-pyrrole nitrogens is 1. The average Bonchev–Trinajstić information content (AvgIpc) is 2.48.